The summed E-state index contributed by atoms with van der Waals surface area (Å²) in [5, 5.41) is 7.57. The number of halogens is 4. The maximum Gasteiger partial charge on any atom is 0.573 e. The Hall–Kier alpha value is -2.06. The number of hydrogen-bond donors (Lipinski definition) is 3. The van der Waals surface area contributed by atoms with Gasteiger partial charge in [-0.15, -0.1) is 37.1 Å². The lowest BCUT2D eigenvalue weighted by atomic mass is 10.1. The van der Waals surface area contributed by atoms with E-state index in [0.717, 1.165) is 11.6 Å². The third-order valence-corrected chi connectivity index (χ3v) is 4.24. The van der Waals surface area contributed by atoms with Crippen LogP contribution in [0.2, 0.25) is 0 Å². The topological polar surface area (TPSA) is 120 Å². The fraction of sp³-hybridized carbons (Fsp3) is 0.188. The monoisotopic (exact) mass is 530 g/mol. The predicted octanol–water partition coefficient (Wildman–Crippen LogP) is 2.82. The number of ether oxygens (including phenoxy) is 1. The van der Waals surface area contributed by atoms with Crippen molar-refractivity contribution in [1.82, 2.24) is 0 Å². The van der Waals surface area contributed by atoms with Crippen LogP contribution in [-0.4, -0.2) is 27.3 Å². The number of rotatable bonds is 6. The molecule has 0 saturated heterocycles. The summed E-state index contributed by atoms with van der Waals surface area (Å²) in [4.78, 5) is 4.02. The van der Waals surface area contributed by atoms with E-state index in [-0.39, 0.29) is 47.1 Å². The normalized spacial score (nSPS) is 12.2. The second-order valence-electron chi connectivity index (χ2n) is 5.37. The lowest BCUT2D eigenvalue weighted by Gasteiger charge is -2.14. The van der Waals surface area contributed by atoms with Crippen molar-refractivity contribution in [3.63, 3.8) is 0 Å². The van der Waals surface area contributed by atoms with Gasteiger partial charge in [0.25, 0.3) is 0 Å². The van der Waals surface area contributed by atoms with E-state index >= 15 is 0 Å². The molecule has 0 heterocycles. The second kappa shape index (κ2) is 9.93. The summed E-state index contributed by atoms with van der Waals surface area (Å²) in [5.74, 6) is -0.517. The van der Waals surface area contributed by atoms with Crippen molar-refractivity contribution in [1.29, 1.82) is 0 Å². The molecule has 0 bridgehead atoms. The Morgan fingerprint density at radius 3 is 2.29 bits per heavy atom. The molecular weight excluding hydrogens is 512 g/mol. The second-order valence-corrected chi connectivity index (χ2v) is 6.94. The zero-order chi connectivity index (χ0) is 20.1. The zero-order valence-electron chi connectivity index (χ0n) is 14.3. The van der Waals surface area contributed by atoms with E-state index in [1.807, 2.05) is 0 Å². The molecule has 154 valence electrons. The van der Waals surface area contributed by atoms with Gasteiger partial charge in [-0.3, -0.25) is 4.99 Å². The number of anilines is 1. The lowest BCUT2D eigenvalue weighted by Crippen LogP contribution is -2.24. The summed E-state index contributed by atoms with van der Waals surface area (Å²) in [6.45, 7) is 0.232. The molecule has 0 aromatic heterocycles. The van der Waals surface area contributed by atoms with Gasteiger partial charge in [0.05, 0.1) is 10.6 Å². The molecule has 0 amide bonds. The van der Waals surface area contributed by atoms with E-state index in [1.54, 1.807) is 12.1 Å². The molecule has 28 heavy (non-hydrogen) atoms. The van der Waals surface area contributed by atoms with Crippen LogP contribution in [0.1, 0.15) is 5.56 Å². The van der Waals surface area contributed by atoms with Crippen molar-refractivity contribution in [3.8, 4) is 5.75 Å². The maximum absolute atomic E-state index is 12.4. The third kappa shape index (κ3) is 7.90. The van der Waals surface area contributed by atoms with Crippen molar-refractivity contribution in [3.05, 3.63) is 54.1 Å². The van der Waals surface area contributed by atoms with E-state index in [4.69, 9.17) is 10.9 Å². The maximum atomic E-state index is 12.4. The molecular formula is C16H18F3IN4O3S. The number of nitrogens with two attached hydrogens (primary N) is 2. The van der Waals surface area contributed by atoms with Crippen molar-refractivity contribution in [2.75, 3.05) is 11.9 Å². The number of sulfonamides is 1. The molecule has 5 N–H and O–H groups in total. The third-order valence-electron chi connectivity index (χ3n) is 3.31. The van der Waals surface area contributed by atoms with Crippen molar-refractivity contribution in [2.45, 2.75) is 17.7 Å². The van der Waals surface area contributed by atoms with Crippen LogP contribution in [0, 0.1) is 0 Å². The van der Waals surface area contributed by atoms with Gasteiger partial charge in [-0.05, 0) is 36.2 Å². The number of nitrogens with one attached hydrogen (secondary N) is 1. The van der Waals surface area contributed by atoms with E-state index in [1.165, 1.54) is 30.3 Å². The van der Waals surface area contributed by atoms with E-state index in [2.05, 4.69) is 15.0 Å². The van der Waals surface area contributed by atoms with Gasteiger partial charge in [0, 0.05) is 6.54 Å². The van der Waals surface area contributed by atoms with Crippen LogP contribution in [-0.2, 0) is 16.4 Å². The molecule has 0 radical (unpaired) electrons. The highest BCUT2D eigenvalue weighted by molar-refractivity contribution is 14.0. The number of hydrogen-bond acceptors (Lipinski definition) is 4. The average Bonchev–Trinajstić information content (AvgIpc) is 2.55. The quantitative estimate of drug-likeness (QED) is 0.302. The van der Waals surface area contributed by atoms with E-state index in [9.17, 15) is 21.6 Å². The van der Waals surface area contributed by atoms with Crippen LogP contribution in [0.4, 0.5) is 18.9 Å². The number of para-hydroxylation sites is 2. The Morgan fingerprint density at radius 2 is 1.71 bits per heavy atom. The summed E-state index contributed by atoms with van der Waals surface area (Å²) < 4.78 is 63.5. The summed E-state index contributed by atoms with van der Waals surface area (Å²) in [6.07, 6.45) is -4.39. The van der Waals surface area contributed by atoms with Crippen LogP contribution in [0.25, 0.3) is 0 Å². The summed E-state index contributed by atoms with van der Waals surface area (Å²) in [7, 11) is -3.75. The van der Waals surface area contributed by atoms with Gasteiger partial charge in [-0.1, -0.05) is 24.3 Å². The first kappa shape index (κ1) is 24.0. The van der Waals surface area contributed by atoms with Gasteiger partial charge >= 0.3 is 6.36 Å². The zero-order valence-corrected chi connectivity index (χ0v) is 17.5. The number of benzene rings is 2. The molecule has 0 aliphatic rings. The highest BCUT2D eigenvalue weighted by Crippen LogP contribution is 2.29. The predicted molar refractivity (Wildman–Crippen MR) is 110 cm³/mol. The first-order valence-electron chi connectivity index (χ1n) is 7.58. The van der Waals surface area contributed by atoms with Crippen molar-refractivity contribution >= 4 is 45.6 Å². The molecule has 0 aliphatic carbocycles. The molecule has 12 heteroatoms. The standard InChI is InChI=1S/C16H17F3N4O3S.HI/c17-16(18,19)26-14-4-2-1-3-13(14)23-15(20)22-10-9-11-5-7-12(8-6-11)27(21,24)25;/h1-8H,9-10H2,(H3,20,22,23)(H2,21,24,25);1H. The van der Waals surface area contributed by atoms with Crippen molar-refractivity contribution in [2.24, 2.45) is 15.9 Å². The van der Waals surface area contributed by atoms with Crippen LogP contribution < -0.4 is 20.9 Å². The van der Waals surface area contributed by atoms with Gasteiger partial charge in [-0.2, -0.15) is 0 Å². The number of nitrogens with zero attached hydrogens (tertiary/aromatic N) is 1. The van der Waals surface area contributed by atoms with Crippen molar-refractivity contribution < 1.29 is 26.3 Å². The summed E-state index contributed by atoms with van der Waals surface area (Å²) >= 11 is 0. The van der Waals surface area contributed by atoms with Crippen LogP contribution in [0.15, 0.2) is 58.4 Å². The number of alkyl halides is 3. The summed E-state index contributed by atoms with van der Waals surface area (Å²) in [5.41, 5.74) is 6.50. The highest BCUT2D eigenvalue weighted by Gasteiger charge is 2.32. The molecule has 0 fully saturated rings. The SMILES string of the molecule is I.NC(=NCCc1ccc(S(N)(=O)=O)cc1)Nc1ccccc1OC(F)(F)F. The minimum atomic E-state index is -4.83. The number of guanidine groups is 1. The van der Waals surface area contributed by atoms with Crippen LogP contribution in [0.3, 0.4) is 0 Å². The first-order chi connectivity index (χ1) is 12.5. The molecule has 7 nitrogen and oxygen atoms in total. The molecule has 0 atom stereocenters. The summed E-state index contributed by atoms with van der Waals surface area (Å²) in [6, 6.07) is 11.4. The molecule has 0 saturated carbocycles. The molecule has 0 unspecified atom stereocenters. The molecule has 0 spiro atoms. The Morgan fingerprint density at radius 1 is 1.11 bits per heavy atom. The average molecular weight is 530 g/mol. The largest absolute Gasteiger partial charge is 0.573 e. The van der Waals surface area contributed by atoms with Gasteiger partial charge < -0.3 is 15.8 Å². The van der Waals surface area contributed by atoms with E-state index < -0.39 is 22.1 Å². The molecule has 2 aromatic carbocycles. The van der Waals surface area contributed by atoms with Gasteiger partial charge in [0.15, 0.2) is 11.7 Å². The van der Waals surface area contributed by atoms with Gasteiger partial charge in [0.2, 0.25) is 10.0 Å². The first-order valence-corrected chi connectivity index (χ1v) is 9.13. The lowest BCUT2D eigenvalue weighted by molar-refractivity contribution is -0.274. The Labute approximate surface area is 177 Å². The minimum Gasteiger partial charge on any atom is -0.404 e. The minimum absolute atomic E-state index is 0. The number of primary sulfonamides is 1. The number of aliphatic imine (C=N–C) groups is 1. The fourth-order valence-electron chi connectivity index (χ4n) is 2.11. The molecule has 0 aliphatic heterocycles. The Balaban J connectivity index is 0.00000392. The van der Waals surface area contributed by atoms with Crippen LogP contribution >= 0.6 is 24.0 Å². The smallest absolute Gasteiger partial charge is 0.404 e. The van der Waals surface area contributed by atoms with E-state index in [0.29, 0.717) is 6.42 Å². The molecule has 2 rings (SSSR count). The Bertz CT molecular complexity index is 919. The van der Waals surface area contributed by atoms with Crippen LogP contribution in [0.5, 0.6) is 5.75 Å². The van der Waals surface area contributed by atoms with Gasteiger partial charge in [0.1, 0.15) is 0 Å². The Kier molecular flexibility index (Phi) is 8.50. The highest BCUT2D eigenvalue weighted by atomic mass is 127. The van der Waals surface area contributed by atoms with Gasteiger partial charge in [-0.25, -0.2) is 13.6 Å². The molecule has 2 aromatic rings. The fourth-order valence-corrected chi connectivity index (χ4v) is 2.63.